The van der Waals surface area contributed by atoms with Gasteiger partial charge in [-0.15, -0.1) is 0 Å². The minimum atomic E-state index is -0.982. The Balaban J connectivity index is 2.04. The van der Waals surface area contributed by atoms with E-state index in [1.165, 1.54) is 29.0 Å². The summed E-state index contributed by atoms with van der Waals surface area (Å²) in [5.41, 5.74) is 4.66. The predicted molar refractivity (Wildman–Crippen MR) is 79.6 cm³/mol. The number of aryl methyl sites for hydroxylation is 2. The molecule has 0 fully saturated rings. The molecule has 0 aliphatic carbocycles. The Morgan fingerprint density at radius 3 is 2.86 bits per heavy atom. The van der Waals surface area contributed by atoms with E-state index in [4.69, 9.17) is 0 Å². The summed E-state index contributed by atoms with van der Waals surface area (Å²) in [6, 6.07) is 7.74. The highest BCUT2D eigenvalue weighted by Crippen LogP contribution is 2.18. The number of aromatic amines is 1. The second kappa shape index (κ2) is 5.01. The zero-order chi connectivity index (χ0) is 15.0. The monoisotopic (exact) mass is 281 g/mol. The molecule has 0 unspecified atom stereocenters. The summed E-state index contributed by atoms with van der Waals surface area (Å²) < 4.78 is 0. The number of hydrogen-bond donors (Lipinski definition) is 2. The molecule has 0 spiro atoms. The Labute approximate surface area is 121 Å². The van der Waals surface area contributed by atoms with Crippen LogP contribution < -0.4 is 0 Å². The van der Waals surface area contributed by atoms with Gasteiger partial charge in [-0.25, -0.2) is 14.8 Å². The lowest BCUT2D eigenvalue weighted by molar-refractivity contribution is 0.0698. The van der Waals surface area contributed by atoms with E-state index in [-0.39, 0.29) is 5.56 Å². The van der Waals surface area contributed by atoms with Gasteiger partial charge < -0.3 is 10.1 Å². The number of rotatable bonds is 3. The van der Waals surface area contributed by atoms with Crippen LogP contribution in [0.2, 0.25) is 0 Å². The Kier molecular flexibility index (Phi) is 3.17. The summed E-state index contributed by atoms with van der Waals surface area (Å²) >= 11 is 0. The molecular formula is C16H15N3O2. The highest BCUT2D eigenvalue weighted by Gasteiger charge is 2.13. The van der Waals surface area contributed by atoms with Crippen molar-refractivity contribution in [2.75, 3.05) is 0 Å². The molecule has 2 heterocycles. The molecule has 1 aromatic carbocycles. The second-order valence-electron chi connectivity index (χ2n) is 5.15. The van der Waals surface area contributed by atoms with Crippen molar-refractivity contribution in [2.24, 2.45) is 0 Å². The first-order valence-corrected chi connectivity index (χ1v) is 6.67. The van der Waals surface area contributed by atoms with Crippen molar-refractivity contribution < 1.29 is 9.90 Å². The minimum Gasteiger partial charge on any atom is -0.478 e. The number of pyridine rings is 1. The van der Waals surface area contributed by atoms with Gasteiger partial charge >= 0.3 is 5.97 Å². The third-order valence-electron chi connectivity index (χ3n) is 3.53. The molecule has 2 N–H and O–H groups in total. The fraction of sp³-hybridized carbons (Fsp3) is 0.188. The predicted octanol–water partition coefficient (Wildman–Crippen LogP) is 2.86. The highest BCUT2D eigenvalue weighted by molar-refractivity contribution is 5.99. The number of aromatic nitrogens is 3. The van der Waals surface area contributed by atoms with E-state index in [1.54, 1.807) is 0 Å². The first-order chi connectivity index (χ1) is 10.0. The third kappa shape index (κ3) is 2.50. The molecule has 0 atom stereocenters. The standard InChI is InChI=1S/C16H15N3O2/c1-9-3-4-10(2)11(7-9)8-13-18-14-12(16(20)21)5-6-17-15(14)19-13/h3-7H,8H2,1-2H3,(H,20,21)(H,17,18,19). The maximum atomic E-state index is 11.2. The summed E-state index contributed by atoms with van der Waals surface area (Å²) in [5, 5.41) is 9.19. The molecule has 0 saturated heterocycles. The third-order valence-corrected chi connectivity index (χ3v) is 3.53. The molecule has 21 heavy (non-hydrogen) atoms. The second-order valence-corrected chi connectivity index (χ2v) is 5.15. The fourth-order valence-electron chi connectivity index (χ4n) is 2.39. The van der Waals surface area contributed by atoms with Crippen LogP contribution in [0.25, 0.3) is 11.2 Å². The fourth-order valence-corrected chi connectivity index (χ4v) is 2.39. The van der Waals surface area contributed by atoms with E-state index in [9.17, 15) is 9.90 Å². The quantitative estimate of drug-likeness (QED) is 0.773. The molecule has 5 nitrogen and oxygen atoms in total. The molecule has 0 amide bonds. The number of nitrogens with one attached hydrogen (secondary N) is 1. The number of benzene rings is 1. The molecule has 5 heteroatoms. The van der Waals surface area contributed by atoms with Crippen LogP contribution in [0.4, 0.5) is 0 Å². The van der Waals surface area contributed by atoms with Crippen LogP contribution in [0.1, 0.15) is 32.9 Å². The van der Waals surface area contributed by atoms with E-state index < -0.39 is 5.97 Å². The van der Waals surface area contributed by atoms with Crippen molar-refractivity contribution >= 4 is 17.1 Å². The number of hydrogen-bond acceptors (Lipinski definition) is 3. The molecule has 2 aromatic heterocycles. The summed E-state index contributed by atoms with van der Waals surface area (Å²) in [6.07, 6.45) is 2.09. The summed E-state index contributed by atoms with van der Waals surface area (Å²) in [5.74, 6) is -0.260. The van der Waals surface area contributed by atoms with Crippen molar-refractivity contribution in [2.45, 2.75) is 20.3 Å². The number of carboxylic acids is 1. The van der Waals surface area contributed by atoms with Crippen LogP contribution in [0.5, 0.6) is 0 Å². The summed E-state index contributed by atoms with van der Waals surface area (Å²) in [7, 11) is 0. The Morgan fingerprint density at radius 1 is 1.29 bits per heavy atom. The Bertz CT molecular complexity index is 837. The molecule has 0 aliphatic rings. The van der Waals surface area contributed by atoms with Crippen LogP contribution in [0.3, 0.4) is 0 Å². The van der Waals surface area contributed by atoms with Crippen LogP contribution >= 0.6 is 0 Å². The molecule has 0 saturated carbocycles. The van der Waals surface area contributed by atoms with Gasteiger partial charge in [-0.1, -0.05) is 23.8 Å². The van der Waals surface area contributed by atoms with Gasteiger partial charge in [-0.3, -0.25) is 0 Å². The zero-order valence-electron chi connectivity index (χ0n) is 11.8. The number of imidazole rings is 1. The minimum absolute atomic E-state index is 0.194. The molecule has 3 rings (SSSR count). The number of H-pyrrole nitrogens is 1. The normalized spacial score (nSPS) is 11.0. The van der Waals surface area contributed by atoms with Crippen molar-refractivity contribution in [3.05, 3.63) is 58.5 Å². The highest BCUT2D eigenvalue weighted by atomic mass is 16.4. The smallest absolute Gasteiger partial charge is 0.338 e. The number of carboxylic acid groups (broad SMARTS) is 1. The van der Waals surface area contributed by atoms with Crippen molar-refractivity contribution in [1.29, 1.82) is 0 Å². The van der Waals surface area contributed by atoms with Crippen LogP contribution in [-0.2, 0) is 6.42 Å². The maximum Gasteiger partial charge on any atom is 0.338 e. The number of carbonyl (C=O) groups is 1. The molecule has 0 aliphatic heterocycles. The molecule has 106 valence electrons. The van der Waals surface area contributed by atoms with Crippen molar-refractivity contribution in [3.8, 4) is 0 Å². The van der Waals surface area contributed by atoms with Gasteiger partial charge in [0.25, 0.3) is 0 Å². The van der Waals surface area contributed by atoms with Gasteiger partial charge in [0.2, 0.25) is 0 Å². The number of aromatic carboxylic acids is 1. The number of fused-ring (bicyclic) bond motifs is 1. The van der Waals surface area contributed by atoms with E-state index >= 15 is 0 Å². The molecule has 3 aromatic rings. The van der Waals surface area contributed by atoms with Crippen LogP contribution in [-0.4, -0.2) is 26.0 Å². The van der Waals surface area contributed by atoms with E-state index in [0.29, 0.717) is 17.6 Å². The average Bonchev–Trinajstić information content (AvgIpc) is 2.84. The Hall–Kier alpha value is -2.69. The zero-order valence-corrected chi connectivity index (χ0v) is 11.8. The van der Waals surface area contributed by atoms with Crippen molar-refractivity contribution in [1.82, 2.24) is 15.0 Å². The van der Waals surface area contributed by atoms with Gasteiger partial charge in [-0.2, -0.15) is 0 Å². The van der Waals surface area contributed by atoms with E-state index in [2.05, 4.69) is 40.1 Å². The molecule has 0 radical (unpaired) electrons. The summed E-state index contributed by atoms with van der Waals surface area (Å²) in [4.78, 5) is 22.8. The maximum absolute atomic E-state index is 11.2. The first kappa shape index (κ1) is 13.3. The van der Waals surface area contributed by atoms with Crippen LogP contribution in [0.15, 0.2) is 30.5 Å². The molecular weight excluding hydrogens is 266 g/mol. The van der Waals surface area contributed by atoms with Gasteiger partial charge in [0, 0.05) is 12.6 Å². The largest absolute Gasteiger partial charge is 0.478 e. The SMILES string of the molecule is Cc1ccc(C)c(Cc2nc3nccc(C(=O)O)c3[nH]2)c1. The van der Waals surface area contributed by atoms with Crippen molar-refractivity contribution in [3.63, 3.8) is 0 Å². The lowest BCUT2D eigenvalue weighted by atomic mass is 10.0. The van der Waals surface area contributed by atoms with Gasteiger partial charge in [0.15, 0.2) is 5.65 Å². The van der Waals surface area contributed by atoms with E-state index in [1.807, 2.05) is 6.92 Å². The van der Waals surface area contributed by atoms with Gasteiger partial charge in [-0.05, 0) is 31.0 Å². The van der Waals surface area contributed by atoms with Crippen LogP contribution in [0, 0.1) is 13.8 Å². The Morgan fingerprint density at radius 2 is 2.10 bits per heavy atom. The topological polar surface area (TPSA) is 78.9 Å². The van der Waals surface area contributed by atoms with Gasteiger partial charge in [0.1, 0.15) is 5.82 Å². The van der Waals surface area contributed by atoms with Gasteiger partial charge in [0.05, 0.1) is 11.1 Å². The molecule has 0 bridgehead atoms. The average molecular weight is 281 g/mol. The lowest BCUT2D eigenvalue weighted by Crippen LogP contribution is -1.98. The summed E-state index contributed by atoms with van der Waals surface area (Å²) in [6.45, 7) is 4.10. The lowest BCUT2D eigenvalue weighted by Gasteiger charge is -2.04. The number of nitrogens with zero attached hydrogens (tertiary/aromatic N) is 2. The van der Waals surface area contributed by atoms with E-state index in [0.717, 1.165) is 5.82 Å². The first-order valence-electron chi connectivity index (χ1n) is 6.67.